The van der Waals surface area contributed by atoms with Gasteiger partial charge in [0.05, 0.1) is 12.7 Å². The lowest BCUT2D eigenvalue weighted by atomic mass is 9.70. The molecule has 0 atom stereocenters. The number of halogens is 2. The van der Waals surface area contributed by atoms with Gasteiger partial charge in [-0.15, -0.1) is 0 Å². The Bertz CT molecular complexity index is 715. The van der Waals surface area contributed by atoms with Gasteiger partial charge >= 0.3 is 0 Å². The molecule has 2 nitrogen and oxygen atoms in total. The highest BCUT2D eigenvalue weighted by molar-refractivity contribution is 5.35. The summed E-state index contributed by atoms with van der Waals surface area (Å²) in [7, 11) is 0. The van der Waals surface area contributed by atoms with Crippen LogP contribution in [0.3, 0.4) is 0 Å². The van der Waals surface area contributed by atoms with Crippen LogP contribution in [0.15, 0.2) is 24.3 Å². The van der Waals surface area contributed by atoms with E-state index in [-0.39, 0.29) is 0 Å². The Morgan fingerprint density at radius 2 is 1.60 bits per heavy atom. The summed E-state index contributed by atoms with van der Waals surface area (Å²) in [5, 5.41) is 8.79. The van der Waals surface area contributed by atoms with Crippen LogP contribution in [0.2, 0.25) is 0 Å². The quantitative estimate of drug-likeness (QED) is 0.334. The molecule has 0 amide bonds. The molecule has 4 heteroatoms. The fourth-order valence-electron chi connectivity index (χ4n) is 5.39. The summed E-state index contributed by atoms with van der Waals surface area (Å²) in [4.78, 5) is 0. The lowest BCUT2D eigenvalue weighted by Gasteiger charge is -2.38. The largest absolute Gasteiger partial charge is 0.378 e. The summed E-state index contributed by atoms with van der Waals surface area (Å²) in [5.74, 6) is 0.864. The van der Waals surface area contributed by atoms with Crippen molar-refractivity contribution in [3.05, 3.63) is 47.0 Å². The minimum atomic E-state index is -0.738. The van der Waals surface area contributed by atoms with Gasteiger partial charge in [-0.05, 0) is 100 Å². The number of benzene rings is 1. The zero-order valence-corrected chi connectivity index (χ0v) is 18.2. The van der Waals surface area contributed by atoms with Crippen molar-refractivity contribution in [2.24, 2.45) is 17.8 Å². The molecule has 1 aromatic carbocycles. The Labute approximate surface area is 180 Å². The van der Waals surface area contributed by atoms with Crippen molar-refractivity contribution < 1.29 is 13.5 Å². The van der Waals surface area contributed by atoms with Gasteiger partial charge in [0.1, 0.15) is 23.3 Å². The molecule has 0 radical (unpaired) electrons. The first-order valence-electron chi connectivity index (χ1n) is 11.7. The van der Waals surface area contributed by atoms with Gasteiger partial charge in [-0.1, -0.05) is 25.0 Å². The van der Waals surface area contributed by atoms with Crippen LogP contribution in [0.1, 0.15) is 82.3 Å². The number of allylic oxidation sites excluding steroid dienone is 1. The molecule has 0 bridgehead atoms. The van der Waals surface area contributed by atoms with E-state index in [1.54, 1.807) is 6.07 Å². The van der Waals surface area contributed by atoms with Gasteiger partial charge in [0.25, 0.3) is 0 Å². The van der Waals surface area contributed by atoms with Crippen LogP contribution >= 0.6 is 0 Å². The number of ether oxygens (including phenoxy) is 1. The van der Waals surface area contributed by atoms with E-state index in [0.29, 0.717) is 24.0 Å². The van der Waals surface area contributed by atoms with Gasteiger partial charge in [0.15, 0.2) is 0 Å². The molecule has 1 aromatic rings. The minimum Gasteiger partial charge on any atom is -0.378 e. The highest BCUT2D eigenvalue weighted by atomic mass is 19.1. The number of hydrogen-bond donors (Lipinski definition) is 0. The molecule has 0 saturated heterocycles. The summed E-state index contributed by atoms with van der Waals surface area (Å²) in [6.45, 7) is 2.89. The smallest absolute Gasteiger partial charge is 0.144 e. The minimum absolute atomic E-state index is 0.455. The predicted octanol–water partition coefficient (Wildman–Crippen LogP) is 7.12. The summed E-state index contributed by atoms with van der Waals surface area (Å²) in [6, 6.07) is 4.24. The van der Waals surface area contributed by atoms with Crippen molar-refractivity contribution in [2.75, 3.05) is 6.61 Å². The second-order valence-electron chi connectivity index (χ2n) is 9.13. The molecule has 0 spiro atoms. The first-order chi connectivity index (χ1) is 14.6. The fraction of sp³-hybridized carbons (Fsp3) is 0.654. The van der Waals surface area contributed by atoms with E-state index in [9.17, 15) is 8.78 Å². The van der Waals surface area contributed by atoms with Crippen molar-refractivity contribution in [2.45, 2.75) is 83.7 Å². The normalized spacial score (nSPS) is 27.3. The Hall–Kier alpha value is -1.73. The van der Waals surface area contributed by atoms with E-state index < -0.39 is 17.2 Å². The van der Waals surface area contributed by atoms with Crippen molar-refractivity contribution in [3.63, 3.8) is 0 Å². The Morgan fingerprint density at radius 3 is 2.17 bits per heavy atom. The molecule has 0 N–H and O–H groups in total. The predicted molar refractivity (Wildman–Crippen MR) is 116 cm³/mol. The lowest BCUT2D eigenvalue weighted by molar-refractivity contribution is 0.00912. The third-order valence-electron chi connectivity index (χ3n) is 7.21. The standard InChI is InChI=1S/C26H35F2NO/c1-2-3-4-15-30-23-13-11-22(12-14-23)21-9-7-19(8-10-21)5-6-20-16-25(27)24(18-29)26(28)17-20/h2-3,16-17,19,21-23H,4-15H2,1H3/b3-2+. The van der Waals surface area contributed by atoms with Crippen molar-refractivity contribution in [1.82, 2.24) is 0 Å². The van der Waals surface area contributed by atoms with Gasteiger partial charge in [-0.2, -0.15) is 5.26 Å². The van der Waals surface area contributed by atoms with Crippen molar-refractivity contribution >= 4 is 0 Å². The molecule has 2 fully saturated rings. The molecule has 2 aliphatic rings. The van der Waals surface area contributed by atoms with E-state index in [4.69, 9.17) is 10.00 Å². The van der Waals surface area contributed by atoms with Crippen molar-refractivity contribution in [1.29, 1.82) is 5.26 Å². The first kappa shape index (κ1) is 22.9. The number of rotatable bonds is 8. The summed E-state index contributed by atoms with van der Waals surface area (Å²) >= 11 is 0. The van der Waals surface area contributed by atoms with E-state index >= 15 is 0 Å². The van der Waals surface area contributed by atoms with Gasteiger partial charge in [0, 0.05) is 0 Å². The van der Waals surface area contributed by atoms with Crippen LogP contribution in [0, 0.1) is 40.7 Å². The van der Waals surface area contributed by atoms with E-state index in [0.717, 1.165) is 31.3 Å². The molecule has 164 valence electrons. The van der Waals surface area contributed by atoms with Gasteiger partial charge < -0.3 is 4.74 Å². The van der Waals surface area contributed by atoms with E-state index in [2.05, 4.69) is 12.2 Å². The molecule has 2 aliphatic carbocycles. The van der Waals surface area contributed by atoms with Crippen molar-refractivity contribution in [3.8, 4) is 6.07 Å². The monoisotopic (exact) mass is 415 g/mol. The molecule has 0 heterocycles. The highest BCUT2D eigenvalue weighted by Crippen LogP contribution is 2.41. The average molecular weight is 416 g/mol. The maximum Gasteiger partial charge on any atom is 0.144 e. The summed E-state index contributed by atoms with van der Waals surface area (Å²) in [6.07, 6.45) is 17.4. The van der Waals surface area contributed by atoms with Crippen LogP contribution in [0.4, 0.5) is 8.78 Å². The first-order valence-corrected chi connectivity index (χ1v) is 11.7. The maximum atomic E-state index is 13.8. The van der Waals surface area contributed by atoms with Crippen LogP contribution in [0.25, 0.3) is 0 Å². The molecule has 3 rings (SSSR count). The zero-order valence-electron chi connectivity index (χ0n) is 18.2. The molecule has 30 heavy (non-hydrogen) atoms. The second kappa shape index (κ2) is 11.6. The molecule has 0 aliphatic heterocycles. The van der Waals surface area contributed by atoms with Crippen LogP contribution in [-0.2, 0) is 11.2 Å². The third kappa shape index (κ3) is 6.38. The van der Waals surface area contributed by atoms with E-state index in [1.807, 2.05) is 6.92 Å². The topological polar surface area (TPSA) is 33.0 Å². The molecule has 0 aromatic heterocycles. The van der Waals surface area contributed by atoms with Gasteiger partial charge in [0.2, 0.25) is 0 Å². The van der Waals surface area contributed by atoms with Gasteiger partial charge in [-0.25, -0.2) is 8.78 Å². The number of nitriles is 1. The number of hydrogen-bond acceptors (Lipinski definition) is 2. The fourth-order valence-corrected chi connectivity index (χ4v) is 5.39. The van der Waals surface area contributed by atoms with Crippen LogP contribution < -0.4 is 0 Å². The Morgan fingerprint density at radius 1 is 1.00 bits per heavy atom. The number of aryl methyl sites for hydroxylation is 1. The lowest BCUT2D eigenvalue weighted by Crippen LogP contribution is -2.28. The summed E-state index contributed by atoms with van der Waals surface area (Å²) in [5.41, 5.74) is 0.191. The van der Waals surface area contributed by atoms with Crippen LogP contribution in [-0.4, -0.2) is 12.7 Å². The SMILES string of the molecule is C/C=C/CCOC1CCC(C2CCC(CCc3cc(F)c(C#N)c(F)c3)CC2)CC1. The summed E-state index contributed by atoms with van der Waals surface area (Å²) < 4.78 is 33.6. The molecular formula is C26H35F2NO. The molecule has 0 unspecified atom stereocenters. The molecular weight excluding hydrogens is 380 g/mol. The number of nitrogens with zero attached hydrogens (tertiary/aromatic N) is 1. The Balaban J connectivity index is 1.36. The second-order valence-corrected chi connectivity index (χ2v) is 9.13. The highest BCUT2D eigenvalue weighted by Gasteiger charge is 2.31. The Kier molecular flexibility index (Phi) is 8.88. The van der Waals surface area contributed by atoms with Gasteiger partial charge in [-0.3, -0.25) is 0 Å². The molecule has 2 saturated carbocycles. The average Bonchev–Trinajstić information content (AvgIpc) is 2.76. The van der Waals surface area contributed by atoms with E-state index in [1.165, 1.54) is 63.5 Å². The van der Waals surface area contributed by atoms with Crippen LogP contribution in [0.5, 0.6) is 0 Å². The third-order valence-corrected chi connectivity index (χ3v) is 7.21. The zero-order chi connectivity index (χ0) is 21.3. The maximum absolute atomic E-state index is 13.8.